The van der Waals surface area contributed by atoms with Gasteiger partial charge in [-0.2, -0.15) is 0 Å². The molecular weight excluding hydrogens is 284 g/mol. The summed E-state index contributed by atoms with van der Waals surface area (Å²) in [5, 5.41) is 10.8. The Morgan fingerprint density at radius 1 is 0.870 bits per heavy atom. The minimum Gasteiger partial charge on any atom is -0.507 e. The van der Waals surface area contributed by atoms with Crippen molar-refractivity contribution >= 4 is 0 Å². The summed E-state index contributed by atoms with van der Waals surface area (Å²) in [6, 6.07) is 12.0. The predicted octanol–water partition coefficient (Wildman–Crippen LogP) is 5.66. The topological polar surface area (TPSA) is 29.5 Å². The molecule has 2 rings (SSSR count). The third kappa shape index (κ3) is 3.69. The molecule has 0 bridgehead atoms. The molecule has 0 radical (unpaired) electrons. The van der Waals surface area contributed by atoms with E-state index in [0.717, 1.165) is 28.0 Å². The molecule has 0 aliphatic rings. The second-order valence-corrected chi connectivity index (χ2v) is 8.15. The van der Waals surface area contributed by atoms with Crippen molar-refractivity contribution in [1.29, 1.82) is 0 Å². The Bertz CT molecular complexity index is 701. The average Bonchev–Trinajstić information content (AvgIpc) is 2.44. The Kier molecular flexibility index (Phi) is 4.48. The SMILES string of the molecule is COc1cccc(-c2c(O)cc(C(C)(C)C)cc2C(C)(C)C)c1. The molecule has 124 valence electrons. The van der Waals surface area contributed by atoms with Crippen LogP contribution < -0.4 is 4.74 Å². The first kappa shape index (κ1) is 17.4. The maximum Gasteiger partial charge on any atom is 0.123 e. The second-order valence-electron chi connectivity index (χ2n) is 8.15. The summed E-state index contributed by atoms with van der Waals surface area (Å²) in [5.41, 5.74) is 4.08. The summed E-state index contributed by atoms with van der Waals surface area (Å²) in [6.07, 6.45) is 0. The van der Waals surface area contributed by atoms with Crippen LogP contribution in [0.5, 0.6) is 11.5 Å². The van der Waals surface area contributed by atoms with Crippen LogP contribution in [0.15, 0.2) is 36.4 Å². The van der Waals surface area contributed by atoms with Gasteiger partial charge in [0, 0.05) is 5.56 Å². The van der Waals surface area contributed by atoms with Gasteiger partial charge in [-0.3, -0.25) is 0 Å². The van der Waals surface area contributed by atoms with Crippen LogP contribution >= 0.6 is 0 Å². The highest BCUT2D eigenvalue weighted by Gasteiger charge is 2.25. The molecule has 2 nitrogen and oxygen atoms in total. The van der Waals surface area contributed by atoms with Crippen LogP contribution in [0.25, 0.3) is 11.1 Å². The highest BCUT2D eigenvalue weighted by Crippen LogP contribution is 2.42. The van der Waals surface area contributed by atoms with Crippen molar-refractivity contribution in [3.8, 4) is 22.6 Å². The largest absolute Gasteiger partial charge is 0.507 e. The molecule has 0 aromatic heterocycles. The Labute approximate surface area is 140 Å². The summed E-state index contributed by atoms with van der Waals surface area (Å²) in [6.45, 7) is 13.0. The van der Waals surface area contributed by atoms with Crippen molar-refractivity contribution in [2.24, 2.45) is 0 Å². The monoisotopic (exact) mass is 312 g/mol. The van der Waals surface area contributed by atoms with Gasteiger partial charge in [-0.05, 0) is 45.7 Å². The van der Waals surface area contributed by atoms with Gasteiger partial charge >= 0.3 is 0 Å². The lowest BCUT2D eigenvalue weighted by molar-refractivity contribution is 0.415. The molecule has 0 aliphatic carbocycles. The molecule has 0 unspecified atom stereocenters. The minimum atomic E-state index is -0.0723. The quantitative estimate of drug-likeness (QED) is 0.775. The van der Waals surface area contributed by atoms with E-state index in [2.05, 4.69) is 47.6 Å². The smallest absolute Gasteiger partial charge is 0.123 e. The molecule has 0 saturated carbocycles. The van der Waals surface area contributed by atoms with Crippen LogP contribution in [-0.2, 0) is 10.8 Å². The minimum absolute atomic E-state index is 0.00954. The van der Waals surface area contributed by atoms with Crippen LogP contribution in [0.3, 0.4) is 0 Å². The van der Waals surface area contributed by atoms with E-state index >= 15 is 0 Å². The molecule has 0 heterocycles. The molecule has 2 aromatic rings. The van der Waals surface area contributed by atoms with Gasteiger partial charge in [0.2, 0.25) is 0 Å². The van der Waals surface area contributed by atoms with Gasteiger partial charge < -0.3 is 9.84 Å². The first-order chi connectivity index (χ1) is 10.5. The lowest BCUT2D eigenvalue weighted by atomic mass is 9.77. The summed E-state index contributed by atoms with van der Waals surface area (Å²) < 4.78 is 5.34. The number of rotatable bonds is 2. The maximum atomic E-state index is 10.8. The van der Waals surface area contributed by atoms with E-state index in [0.29, 0.717) is 5.75 Å². The Morgan fingerprint density at radius 3 is 2.04 bits per heavy atom. The molecule has 23 heavy (non-hydrogen) atoms. The average molecular weight is 312 g/mol. The summed E-state index contributed by atoms with van der Waals surface area (Å²) in [4.78, 5) is 0. The fourth-order valence-electron chi connectivity index (χ4n) is 2.73. The number of hydrogen-bond acceptors (Lipinski definition) is 2. The predicted molar refractivity (Wildman–Crippen MR) is 97.5 cm³/mol. The molecule has 2 heteroatoms. The van der Waals surface area contributed by atoms with Crippen molar-refractivity contribution < 1.29 is 9.84 Å². The second kappa shape index (κ2) is 5.92. The van der Waals surface area contributed by atoms with E-state index in [4.69, 9.17) is 4.74 Å². The van der Waals surface area contributed by atoms with E-state index in [1.54, 1.807) is 7.11 Å². The van der Waals surface area contributed by atoms with E-state index < -0.39 is 0 Å². The number of phenols is 1. The van der Waals surface area contributed by atoms with Gasteiger partial charge in [0.15, 0.2) is 0 Å². The first-order valence-corrected chi connectivity index (χ1v) is 8.06. The zero-order chi connectivity index (χ0) is 17.4. The van der Waals surface area contributed by atoms with Crippen LogP contribution in [0.2, 0.25) is 0 Å². The van der Waals surface area contributed by atoms with Gasteiger partial charge in [0.05, 0.1) is 7.11 Å². The Balaban J connectivity index is 2.76. The fraction of sp³-hybridized carbons (Fsp3) is 0.429. The number of methoxy groups -OCH3 is 1. The standard InChI is InChI=1S/C21H28O2/c1-20(2,3)15-12-17(21(4,5)6)19(18(22)13-15)14-9-8-10-16(11-14)23-7/h8-13,22H,1-7H3. The van der Waals surface area contributed by atoms with Crippen LogP contribution in [0.4, 0.5) is 0 Å². The van der Waals surface area contributed by atoms with Crippen LogP contribution in [0.1, 0.15) is 52.7 Å². The molecule has 0 atom stereocenters. The normalized spacial score (nSPS) is 12.3. The van der Waals surface area contributed by atoms with Crippen molar-refractivity contribution in [1.82, 2.24) is 0 Å². The number of ether oxygens (including phenoxy) is 1. The van der Waals surface area contributed by atoms with Crippen LogP contribution in [0, 0.1) is 0 Å². The van der Waals surface area contributed by atoms with Gasteiger partial charge in [0.1, 0.15) is 11.5 Å². The number of hydrogen-bond donors (Lipinski definition) is 1. The molecule has 0 spiro atoms. The fourth-order valence-corrected chi connectivity index (χ4v) is 2.73. The van der Waals surface area contributed by atoms with Crippen LogP contribution in [-0.4, -0.2) is 12.2 Å². The highest BCUT2D eigenvalue weighted by molar-refractivity contribution is 5.76. The van der Waals surface area contributed by atoms with Crippen molar-refractivity contribution in [2.45, 2.75) is 52.4 Å². The third-order valence-corrected chi connectivity index (χ3v) is 4.15. The molecule has 0 fully saturated rings. The van der Waals surface area contributed by atoms with Gasteiger partial charge in [-0.15, -0.1) is 0 Å². The highest BCUT2D eigenvalue weighted by atomic mass is 16.5. The van der Waals surface area contributed by atoms with Gasteiger partial charge in [-0.1, -0.05) is 59.7 Å². The molecule has 0 amide bonds. The summed E-state index contributed by atoms with van der Waals surface area (Å²) in [7, 11) is 1.66. The third-order valence-electron chi connectivity index (χ3n) is 4.15. The first-order valence-electron chi connectivity index (χ1n) is 8.06. The van der Waals surface area contributed by atoms with Crippen molar-refractivity contribution in [2.75, 3.05) is 7.11 Å². The lowest BCUT2D eigenvalue weighted by Gasteiger charge is -2.28. The molecule has 0 aliphatic heterocycles. The van der Waals surface area contributed by atoms with E-state index in [-0.39, 0.29) is 10.8 Å². The van der Waals surface area contributed by atoms with Gasteiger partial charge in [-0.25, -0.2) is 0 Å². The maximum absolute atomic E-state index is 10.8. The molecular formula is C21H28O2. The Hall–Kier alpha value is -1.96. The molecule has 1 N–H and O–H groups in total. The number of phenolic OH excluding ortho intramolecular Hbond substituents is 1. The molecule has 2 aromatic carbocycles. The summed E-state index contributed by atoms with van der Waals surface area (Å²) in [5.74, 6) is 1.12. The zero-order valence-electron chi connectivity index (χ0n) is 15.3. The van der Waals surface area contributed by atoms with E-state index in [1.165, 1.54) is 0 Å². The number of aromatic hydroxyl groups is 1. The zero-order valence-corrected chi connectivity index (χ0v) is 15.3. The van der Waals surface area contributed by atoms with Crippen molar-refractivity contribution in [3.63, 3.8) is 0 Å². The summed E-state index contributed by atoms with van der Waals surface area (Å²) >= 11 is 0. The van der Waals surface area contributed by atoms with E-state index in [9.17, 15) is 5.11 Å². The number of benzene rings is 2. The van der Waals surface area contributed by atoms with E-state index in [1.807, 2.05) is 30.3 Å². The lowest BCUT2D eigenvalue weighted by Crippen LogP contribution is -2.17. The van der Waals surface area contributed by atoms with Gasteiger partial charge in [0.25, 0.3) is 0 Å². The van der Waals surface area contributed by atoms with Crippen molar-refractivity contribution in [3.05, 3.63) is 47.5 Å². The Morgan fingerprint density at radius 2 is 1.52 bits per heavy atom. The molecule has 0 saturated heterocycles.